The highest BCUT2D eigenvalue weighted by atomic mass is 35.5. The second-order valence-electron chi connectivity index (χ2n) is 4.42. The first-order chi connectivity index (χ1) is 8.20. The number of likely N-dealkylation sites (tertiary alicyclic amines) is 1. The topological polar surface area (TPSA) is 27.0 Å². The van der Waals surface area contributed by atoms with Crippen molar-refractivity contribution >= 4 is 11.6 Å². The monoisotopic (exact) mass is 252 g/mol. The van der Waals surface area contributed by atoms with E-state index in [1.807, 2.05) is 0 Å². The number of nitriles is 1. The minimum atomic E-state index is -0.340. The van der Waals surface area contributed by atoms with Crippen molar-refractivity contribution in [3.63, 3.8) is 0 Å². The molecular weight excluding hydrogens is 239 g/mol. The molecule has 1 fully saturated rings. The van der Waals surface area contributed by atoms with Crippen LogP contribution in [0, 0.1) is 23.1 Å². The van der Waals surface area contributed by atoms with E-state index in [1.165, 1.54) is 0 Å². The number of halogens is 2. The van der Waals surface area contributed by atoms with E-state index in [9.17, 15) is 4.39 Å². The summed E-state index contributed by atoms with van der Waals surface area (Å²) in [5.41, 5.74) is 0.607. The van der Waals surface area contributed by atoms with Gasteiger partial charge in [-0.25, -0.2) is 4.39 Å². The van der Waals surface area contributed by atoms with Gasteiger partial charge in [-0.1, -0.05) is 23.7 Å². The van der Waals surface area contributed by atoms with Gasteiger partial charge < -0.3 is 0 Å². The third-order valence-electron chi connectivity index (χ3n) is 3.11. The Kier molecular flexibility index (Phi) is 3.98. The zero-order valence-corrected chi connectivity index (χ0v) is 10.3. The third-order valence-corrected chi connectivity index (χ3v) is 3.41. The molecule has 1 saturated heterocycles. The fourth-order valence-electron chi connectivity index (χ4n) is 2.22. The Balaban J connectivity index is 2.06. The van der Waals surface area contributed by atoms with Crippen LogP contribution in [0.4, 0.5) is 4.39 Å². The van der Waals surface area contributed by atoms with Crippen LogP contribution in [0.25, 0.3) is 0 Å². The molecule has 1 heterocycles. The predicted molar refractivity (Wildman–Crippen MR) is 65.0 cm³/mol. The normalized spacial score (nSPS) is 21.1. The molecule has 1 aromatic rings. The van der Waals surface area contributed by atoms with Crippen molar-refractivity contribution in [1.82, 2.24) is 4.90 Å². The number of nitrogens with zero attached hydrogens (tertiary/aromatic N) is 2. The lowest BCUT2D eigenvalue weighted by atomic mass is 9.99. The minimum absolute atomic E-state index is 0.0750. The molecule has 0 saturated carbocycles. The molecule has 17 heavy (non-hydrogen) atoms. The number of benzene rings is 1. The fraction of sp³-hybridized carbons (Fsp3) is 0.462. The van der Waals surface area contributed by atoms with Crippen LogP contribution in [0.5, 0.6) is 0 Å². The van der Waals surface area contributed by atoms with Crippen LogP contribution in [0.2, 0.25) is 5.02 Å². The molecule has 0 bridgehead atoms. The summed E-state index contributed by atoms with van der Waals surface area (Å²) in [7, 11) is 0. The molecule has 0 spiro atoms. The van der Waals surface area contributed by atoms with Gasteiger partial charge in [0.1, 0.15) is 5.82 Å². The Hall–Kier alpha value is -1.11. The largest absolute Gasteiger partial charge is 0.298 e. The molecule has 1 unspecified atom stereocenters. The van der Waals surface area contributed by atoms with Gasteiger partial charge in [0.2, 0.25) is 0 Å². The van der Waals surface area contributed by atoms with E-state index in [-0.39, 0.29) is 16.8 Å². The second-order valence-corrected chi connectivity index (χ2v) is 4.82. The Morgan fingerprint density at radius 1 is 1.53 bits per heavy atom. The van der Waals surface area contributed by atoms with Crippen molar-refractivity contribution in [3.8, 4) is 6.07 Å². The molecule has 90 valence electrons. The lowest BCUT2D eigenvalue weighted by molar-refractivity contribution is 0.190. The van der Waals surface area contributed by atoms with E-state index < -0.39 is 0 Å². The molecule has 4 heteroatoms. The SMILES string of the molecule is N#CC1CCCN(Cc2cccc(Cl)c2F)C1. The van der Waals surface area contributed by atoms with Crippen molar-refractivity contribution in [2.24, 2.45) is 5.92 Å². The predicted octanol–water partition coefficient (Wildman–Crippen LogP) is 3.21. The van der Waals surface area contributed by atoms with Gasteiger partial charge in [-0.05, 0) is 25.5 Å². The number of hydrogen-bond acceptors (Lipinski definition) is 2. The Labute approximate surface area is 106 Å². The van der Waals surface area contributed by atoms with Crippen molar-refractivity contribution in [2.45, 2.75) is 19.4 Å². The van der Waals surface area contributed by atoms with Crippen LogP contribution in [-0.2, 0) is 6.54 Å². The van der Waals surface area contributed by atoms with Crippen molar-refractivity contribution in [3.05, 3.63) is 34.6 Å². The summed E-state index contributed by atoms with van der Waals surface area (Å²) in [4.78, 5) is 2.12. The average Bonchev–Trinajstić information content (AvgIpc) is 2.35. The maximum Gasteiger partial charge on any atom is 0.146 e. The highest BCUT2D eigenvalue weighted by Crippen LogP contribution is 2.22. The summed E-state index contributed by atoms with van der Waals surface area (Å²) in [6, 6.07) is 7.34. The fourth-order valence-corrected chi connectivity index (χ4v) is 2.41. The molecule has 0 aliphatic carbocycles. The van der Waals surface area contributed by atoms with Crippen molar-refractivity contribution < 1.29 is 4.39 Å². The average molecular weight is 253 g/mol. The molecular formula is C13H14ClFN2. The summed E-state index contributed by atoms with van der Waals surface area (Å²) in [6.07, 6.45) is 1.95. The molecule has 1 aliphatic rings. The molecule has 1 aromatic carbocycles. The van der Waals surface area contributed by atoms with Crippen molar-refractivity contribution in [1.29, 1.82) is 5.26 Å². The molecule has 0 amide bonds. The van der Waals surface area contributed by atoms with Gasteiger partial charge in [-0.2, -0.15) is 5.26 Å². The van der Waals surface area contributed by atoms with Crippen molar-refractivity contribution in [2.75, 3.05) is 13.1 Å². The molecule has 0 radical (unpaired) electrons. The Morgan fingerprint density at radius 3 is 3.12 bits per heavy atom. The summed E-state index contributed by atoms with van der Waals surface area (Å²) in [5.74, 6) is -0.265. The van der Waals surface area contributed by atoms with Crippen LogP contribution in [0.1, 0.15) is 18.4 Å². The number of piperidine rings is 1. The van der Waals surface area contributed by atoms with Crippen LogP contribution < -0.4 is 0 Å². The van der Waals surface area contributed by atoms with Crippen LogP contribution in [0.3, 0.4) is 0 Å². The van der Waals surface area contributed by atoms with E-state index in [2.05, 4.69) is 11.0 Å². The van der Waals surface area contributed by atoms with Crippen LogP contribution in [-0.4, -0.2) is 18.0 Å². The summed E-state index contributed by atoms with van der Waals surface area (Å²) < 4.78 is 13.7. The first-order valence-electron chi connectivity index (χ1n) is 5.75. The van der Waals surface area contributed by atoms with Gasteiger partial charge in [0.05, 0.1) is 17.0 Å². The zero-order valence-electron chi connectivity index (χ0n) is 9.50. The van der Waals surface area contributed by atoms with Gasteiger partial charge >= 0.3 is 0 Å². The van der Waals surface area contributed by atoms with Gasteiger partial charge in [0.15, 0.2) is 0 Å². The first kappa shape index (κ1) is 12.3. The summed E-state index contributed by atoms with van der Waals surface area (Å²) in [6.45, 7) is 2.18. The van der Waals surface area contributed by atoms with E-state index in [0.717, 1.165) is 25.9 Å². The highest BCUT2D eigenvalue weighted by Gasteiger charge is 2.20. The highest BCUT2D eigenvalue weighted by molar-refractivity contribution is 6.30. The zero-order chi connectivity index (χ0) is 12.3. The number of rotatable bonds is 2. The molecule has 0 N–H and O–H groups in total. The van der Waals surface area contributed by atoms with Gasteiger partial charge in [0.25, 0.3) is 0 Å². The Morgan fingerprint density at radius 2 is 2.35 bits per heavy atom. The van der Waals surface area contributed by atoms with Crippen LogP contribution >= 0.6 is 11.6 Å². The molecule has 0 aromatic heterocycles. The quantitative estimate of drug-likeness (QED) is 0.808. The lowest BCUT2D eigenvalue weighted by Gasteiger charge is -2.29. The second kappa shape index (κ2) is 5.48. The maximum atomic E-state index is 13.7. The standard InChI is InChI=1S/C13H14ClFN2/c14-12-5-1-4-11(13(12)15)9-17-6-2-3-10(7-16)8-17/h1,4-5,10H,2-3,6,8-9H2. The summed E-state index contributed by atoms with van der Waals surface area (Å²) in [5, 5.41) is 9.07. The molecule has 2 rings (SSSR count). The smallest absolute Gasteiger partial charge is 0.146 e. The third kappa shape index (κ3) is 2.96. The number of hydrogen-bond donors (Lipinski definition) is 0. The molecule has 1 atom stereocenters. The maximum absolute atomic E-state index is 13.7. The minimum Gasteiger partial charge on any atom is -0.298 e. The van der Waals surface area contributed by atoms with E-state index in [1.54, 1.807) is 18.2 Å². The molecule has 1 aliphatic heterocycles. The van der Waals surface area contributed by atoms with Gasteiger partial charge in [0, 0.05) is 18.7 Å². The van der Waals surface area contributed by atoms with Gasteiger partial charge in [-0.3, -0.25) is 4.90 Å². The first-order valence-corrected chi connectivity index (χ1v) is 6.13. The Bertz CT molecular complexity index is 442. The lowest BCUT2D eigenvalue weighted by Crippen LogP contribution is -2.34. The summed E-state index contributed by atoms with van der Waals surface area (Å²) >= 11 is 5.74. The molecule has 2 nitrogen and oxygen atoms in total. The van der Waals surface area contributed by atoms with E-state index in [4.69, 9.17) is 16.9 Å². The van der Waals surface area contributed by atoms with Crippen LogP contribution in [0.15, 0.2) is 18.2 Å². The van der Waals surface area contributed by atoms with E-state index in [0.29, 0.717) is 12.1 Å². The van der Waals surface area contributed by atoms with E-state index >= 15 is 0 Å². The van der Waals surface area contributed by atoms with Gasteiger partial charge in [-0.15, -0.1) is 0 Å².